The molecule has 1 aliphatic rings. The minimum absolute atomic E-state index is 0.247. The van der Waals surface area contributed by atoms with Gasteiger partial charge in [0.25, 0.3) is 0 Å². The molecule has 3 heteroatoms. The second kappa shape index (κ2) is 5.65. The molecule has 20 heavy (non-hydrogen) atoms. The number of likely N-dealkylation sites (N-methyl/N-ethyl adjacent to an activating group) is 2. The highest BCUT2D eigenvalue weighted by molar-refractivity contribution is 7.52. The monoisotopic (exact) mass is 284 g/mol. The van der Waals surface area contributed by atoms with Crippen LogP contribution in [0.1, 0.15) is 23.2 Å². The number of hydrogen-bond acceptors (Lipinski definition) is 2. The number of rotatable bonds is 2. The Balaban J connectivity index is 2.05. The number of benzene rings is 2. The van der Waals surface area contributed by atoms with Gasteiger partial charge >= 0.3 is 0 Å². The standard InChI is InChI=1S/C17H21N2P/c1-18-16(14-10-6-4-7-11-14)17(19(2)20(18)3)15-12-8-5-9-13-15/h4-13,16-17H,1-3H3. The van der Waals surface area contributed by atoms with Gasteiger partial charge in [0.15, 0.2) is 0 Å². The van der Waals surface area contributed by atoms with E-state index < -0.39 is 0 Å². The van der Waals surface area contributed by atoms with Gasteiger partial charge in [-0.05, 0) is 31.9 Å². The third-order valence-corrected chi connectivity index (χ3v) is 6.62. The van der Waals surface area contributed by atoms with Gasteiger partial charge < -0.3 is 0 Å². The van der Waals surface area contributed by atoms with E-state index >= 15 is 0 Å². The third-order valence-electron chi connectivity index (χ3n) is 4.30. The van der Waals surface area contributed by atoms with Gasteiger partial charge in [0, 0.05) is 8.22 Å². The zero-order chi connectivity index (χ0) is 14.1. The Morgan fingerprint density at radius 1 is 0.700 bits per heavy atom. The molecule has 2 atom stereocenters. The van der Waals surface area contributed by atoms with Crippen LogP contribution in [0.2, 0.25) is 0 Å². The lowest BCUT2D eigenvalue weighted by Crippen LogP contribution is -2.20. The largest absolute Gasteiger partial charge is 0.264 e. The summed E-state index contributed by atoms with van der Waals surface area (Å²) in [5.74, 6) is 0. The molecule has 1 heterocycles. The third kappa shape index (κ3) is 2.29. The Morgan fingerprint density at radius 2 is 1.05 bits per heavy atom. The van der Waals surface area contributed by atoms with E-state index in [1.807, 2.05) is 0 Å². The Hall–Kier alpha value is -1.21. The van der Waals surface area contributed by atoms with Crippen LogP contribution in [0.25, 0.3) is 0 Å². The van der Waals surface area contributed by atoms with Crippen LogP contribution in [0.4, 0.5) is 0 Å². The van der Waals surface area contributed by atoms with Gasteiger partial charge in [-0.25, -0.2) is 0 Å². The van der Waals surface area contributed by atoms with Crippen molar-refractivity contribution in [1.29, 1.82) is 0 Å². The van der Waals surface area contributed by atoms with Gasteiger partial charge in [-0.1, -0.05) is 60.7 Å². The smallest absolute Gasteiger partial charge is 0.0593 e. The van der Waals surface area contributed by atoms with E-state index in [-0.39, 0.29) is 8.22 Å². The van der Waals surface area contributed by atoms with Crippen molar-refractivity contribution in [1.82, 2.24) is 9.34 Å². The maximum atomic E-state index is 2.53. The SMILES string of the molecule is CN1C(c2ccccc2)C(c2ccccc2)N(C)P1C. The topological polar surface area (TPSA) is 6.48 Å². The van der Waals surface area contributed by atoms with Crippen molar-refractivity contribution >= 4 is 8.22 Å². The van der Waals surface area contributed by atoms with Crippen molar-refractivity contribution in [3.8, 4) is 0 Å². The number of hydrogen-bond donors (Lipinski definition) is 0. The second-order valence-electron chi connectivity index (χ2n) is 5.35. The summed E-state index contributed by atoms with van der Waals surface area (Å²) in [7, 11) is 4.26. The van der Waals surface area contributed by atoms with Gasteiger partial charge in [-0.15, -0.1) is 0 Å². The molecule has 0 bridgehead atoms. The highest BCUT2D eigenvalue weighted by Gasteiger charge is 2.42. The minimum Gasteiger partial charge on any atom is -0.264 e. The maximum Gasteiger partial charge on any atom is 0.0593 e. The molecule has 2 unspecified atom stereocenters. The van der Waals surface area contributed by atoms with E-state index in [0.29, 0.717) is 12.1 Å². The normalized spacial score (nSPS) is 27.9. The molecule has 1 saturated heterocycles. The molecule has 0 amide bonds. The minimum atomic E-state index is -0.247. The van der Waals surface area contributed by atoms with Crippen LogP contribution in [0.3, 0.4) is 0 Å². The summed E-state index contributed by atoms with van der Waals surface area (Å²) in [6, 6.07) is 22.6. The summed E-state index contributed by atoms with van der Waals surface area (Å²) in [6.45, 7) is 2.34. The van der Waals surface area contributed by atoms with Crippen molar-refractivity contribution < 1.29 is 0 Å². The first-order chi connectivity index (χ1) is 9.70. The Labute approximate surface area is 122 Å². The summed E-state index contributed by atoms with van der Waals surface area (Å²) in [4.78, 5) is 0. The fraction of sp³-hybridized carbons (Fsp3) is 0.294. The summed E-state index contributed by atoms with van der Waals surface area (Å²) in [5.41, 5.74) is 2.81. The molecule has 2 aromatic carbocycles. The lowest BCUT2D eigenvalue weighted by atomic mass is 9.93. The van der Waals surface area contributed by atoms with Gasteiger partial charge in [0.2, 0.25) is 0 Å². The molecule has 2 nitrogen and oxygen atoms in total. The summed E-state index contributed by atoms with van der Waals surface area (Å²) < 4.78 is 5.06. The first-order valence-electron chi connectivity index (χ1n) is 6.99. The molecule has 1 aliphatic heterocycles. The molecular formula is C17H21N2P. The lowest BCUT2D eigenvalue weighted by Gasteiger charge is -2.26. The van der Waals surface area contributed by atoms with E-state index in [1.165, 1.54) is 11.1 Å². The van der Waals surface area contributed by atoms with Crippen molar-refractivity contribution in [2.24, 2.45) is 0 Å². The molecule has 0 aromatic heterocycles. The van der Waals surface area contributed by atoms with Crippen molar-refractivity contribution in [3.05, 3.63) is 71.8 Å². The molecule has 0 aliphatic carbocycles. The molecule has 2 aromatic rings. The van der Waals surface area contributed by atoms with Gasteiger partial charge in [0.1, 0.15) is 0 Å². The number of nitrogens with zero attached hydrogens (tertiary/aromatic N) is 2. The Bertz CT molecular complexity index is 506. The lowest BCUT2D eigenvalue weighted by molar-refractivity contribution is 0.316. The van der Waals surface area contributed by atoms with E-state index in [2.05, 4.69) is 90.8 Å². The highest BCUT2D eigenvalue weighted by atomic mass is 31.1. The molecule has 104 valence electrons. The molecular weight excluding hydrogens is 263 g/mol. The Morgan fingerprint density at radius 3 is 1.40 bits per heavy atom. The van der Waals surface area contributed by atoms with Gasteiger partial charge in [0.05, 0.1) is 12.1 Å². The average Bonchev–Trinajstić information content (AvgIpc) is 2.73. The Kier molecular flexibility index (Phi) is 3.89. The van der Waals surface area contributed by atoms with Crippen LogP contribution in [0.5, 0.6) is 0 Å². The van der Waals surface area contributed by atoms with Crippen LogP contribution >= 0.6 is 8.22 Å². The quantitative estimate of drug-likeness (QED) is 0.759. The predicted octanol–water partition coefficient (Wildman–Crippen LogP) is 4.29. The van der Waals surface area contributed by atoms with Gasteiger partial charge in [-0.3, -0.25) is 9.34 Å². The van der Waals surface area contributed by atoms with E-state index in [1.54, 1.807) is 0 Å². The van der Waals surface area contributed by atoms with E-state index in [4.69, 9.17) is 0 Å². The fourth-order valence-electron chi connectivity index (χ4n) is 3.09. The first-order valence-corrected chi connectivity index (χ1v) is 8.68. The first kappa shape index (κ1) is 13.8. The molecule has 3 rings (SSSR count). The van der Waals surface area contributed by atoms with Crippen LogP contribution in [0.15, 0.2) is 60.7 Å². The average molecular weight is 284 g/mol. The molecule has 1 fully saturated rings. The zero-order valence-electron chi connectivity index (χ0n) is 12.3. The van der Waals surface area contributed by atoms with E-state index in [9.17, 15) is 0 Å². The molecule has 0 radical (unpaired) electrons. The zero-order valence-corrected chi connectivity index (χ0v) is 13.2. The summed E-state index contributed by atoms with van der Waals surface area (Å²) in [6.07, 6.45) is 0. The molecule has 0 N–H and O–H groups in total. The second-order valence-corrected chi connectivity index (χ2v) is 7.59. The molecule has 0 saturated carbocycles. The van der Waals surface area contributed by atoms with Crippen LogP contribution < -0.4 is 0 Å². The van der Waals surface area contributed by atoms with Gasteiger partial charge in [-0.2, -0.15) is 0 Å². The molecule has 0 spiro atoms. The van der Waals surface area contributed by atoms with Crippen molar-refractivity contribution in [2.75, 3.05) is 20.8 Å². The van der Waals surface area contributed by atoms with Crippen LogP contribution in [-0.4, -0.2) is 30.1 Å². The van der Waals surface area contributed by atoms with Crippen molar-refractivity contribution in [3.63, 3.8) is 0 Å². The fourth-order valence-corrected chi connectivity index (χ4v) is 4.77. The van der Waals surface area contributed by atoms with Crippen LogP contribution in [0, 0.1) is 0 Å². The van der Waals surface area contributed by atoms with Crippen LogP contribution in [-0.2, 0) is 0 Å². The van der Waals surface area contributed by atoms with Crippen molar-refractivity contribution in [2.45, 2.75) is 12.1 Å². The predicted molar refractivity (Wildman–Crippen MR) is 86.7 cm³/mol. The maximum absolute atomic E-state index is 2.53. The highest BCUT2D eigenvalue weighted by Crippen LogP contribution is 2.60. The summed E-state index contributed by atoms with van der Waals surface area (Å²) >= 11 is 0. The summed E-state index contributed by atoms with van der Waals surface area (Å²) in [5, 5.41) is 0. The van der Waals surface area contributed by atoms with E-state index in [0.717, 1.165) is 0 Å².